The Morgan fingerprint density at radius 2 is 2.18 bits per heavy atom. The van der Waals surface area contributed by atoms with Crippen LogP contribution in [-0.2, 0) is 12.6 Å². The Morgan fingerprint density at radius 1 is 1.47 bits per heavy atom. The van der Waals surface area contributed by atoms with Gasteiger partial charge < -0.3 is 10.3 Å². The average molecular weight is 294 g/mol. The SMILES string of the molecule is Cn1c(C(C)(N)C2CC2)nc2cc(Br)ccc21. The number of aryl methyl sites for hydroxylation is 1. The van der Waals surface area contributed by atoms with E-state index in [-0.39, 0.29) is 5.54 Å². The predicted octanol–water partition coefficient (Wildman–Crippen LogP) is 2.92. The van der Waals surface area contributed by atoms with Crippen molar-refractivity contribution in [1.29, 1.82) is 0 Å². The molecular weight excluding hydrogens is 278 g/mol. The van der Waals surface area contributed by atoms with E-state index in [1.165, 1.54) is 12.8 Å². The van der Waals surface area contributed by atoms with Crippen molar-refractivity contribution in [1.82, 2.24) is 9.55 Å². The third-order valence-electron chi connectivity index (χ3n) is 3.75. The van der Waals surface area contributed by atoms with Gasteiger partial charge in [0, 0.05) is 11.5 Å². The summed E-state index contributed by atoms with van der Waals surface area (Å²) in [4.78, 5) is 4.71. The smallest absolute Gasteiger partial charge is 0.129 e. The van der Waals surface area contributed by atoms with Crippen LogP contribution in [0.1, 0.15) is 25.6 Å². The Hall–Kier alpha value is -0.870. The van der Waals surface area contributed by atoms with Gasteiger partial charge in [-0.2, -0.15) is 0 Å². The van der Waals surface area contributed by atoms with Gasteiger partial charge in [-0.25, -0.2) is 4.98 Å². The molecule has 1 saturated carbocycles. The quantitative estimate of drug-likeness (QED) is 0.925. The van der Waals surface area contributed by atoms with Crippen molar-refractivity contribution >= 4 is 27.0 Å². The number of nitrogens with zero attached hydrogens (tertiary/aromatic N) is 2. The van der Waals surface area contributed by atoms with Crippen LogP contribution >= 0.6 is 15.9 Å². The van der Waals surface area contributed by atoms with Gasteiger partial charge in [0.2, 0.25) is 0 Å². The van der Waals surface area contributed by atoms with Crippen LogP contribution in [0.5, 0.6) is 0 Å². The fourth-order valence-electron chi connectivity index (χ4n) is 2.52. The van der Waals surface area contributed by atoms with Crippen LogP contribution in [0.15, 0.2) is 22.7 Å². The third-order valence-corrected chi connectivity index (χ3v) is 4.24. The number of imidazole rings is 1. The van der Waals surface area contributed by atoms with E-state index < -0.39 is 0 Å². The summed E-state index contributed by atoms with van der Waals surface area (Å²) in [6.45, 7) is 2.10. The van der Waals surface area contributed by atoms with E-state index in [2.05, 4.69) is 33.5 Å². The molecule has 0 bridgehead atoms. The molecule has 1 aliphatic carbocycles. The molecule has 90 valence electrons. The van der Waals surface area contributed by atoms with Crippen molar-refractivity contribution < 1.29 is 0 Å². The Kier molecular flexibility index (Phi) is 2.35. The first kappa shape index (κ1) is 11.2. The van der Waals surface area contributed by atoms with Crippen molar-refractivity contribution in [2.75, 3.05) is 0 Å². The number of fused-ring (bicyclic) bond motifs is 1. The molecule has 0 spiro atoms. The first-order valence-electron chi connectivity index (χ1n) is 5.91. The lowest BCUT2D eigenvalue weighted by Gasteiger charge is -2.23. The van der Waals surface area contributed by atoms with Crippen molar-refractivity contribution in [2.45, 2.75) is 25.3 Å². The Bertz CT molecular complexity index is 582. The molecule has 1 fully saturated rings. The average Bonchev–Trinajstić information content (AvgIpc) is 3.05. The zero-order valence-electron chi connectivity index (χ0n) is 10.1. The van der Waals surface area contributed by atoms with Crippen LogP contribution in [0.25, 0.3) is 11.0 Å². The van der Waals surface area contributed by atoms with E-state index in [0.29, 0.717) is 5.92 Å². The molecule has 17 heavy (non-hydrogen) atoms. The summed E-state index contributed by atoms with van der Waals surface area (Å²) in [5, 5.41) is 0. The highest BCUT2D eigenvalue weighted by atomic mass is 79.9. The fourth-order valence-corrected chi connectivity index (χ4v) is 2.87. The fraction of sp³-hybridized carbons (Fsp3) is 0.462. The number of hydrogen-bond acceptors (Lipinski definition) is 2. The highest BCUT2D eigenvalue weighted by Crippen LogP contribution is 2.43. The second-order valence-corrected chi connectivity index (χ2v) is 6.10. The third kappa shape index (κ3) is 1.70. The lowest BCUT2D eigenvalue weighted by Crippen LogP contribution is -2.38. The molecule has 3 rings (SSSR count). The molecule has 1 aromatic carbocycles. The normalized spacial score (nSPS) is 19.5. The van der Waals surface area contributed by atoms with Crippen molar-refractivity contribution in [3.05, 3.63) is 28.5 Å². The molecule has 1 aliphatic rings. The van der Waals surface area contributed by atoms with Crippen LogP contribution in [0, 0.1) is 5.92 Å². The molecule has 1 heterocycles. The summed E-state index contributed by atoms with van der Waals surface area (Å²) in [5.41, 5.74) is 8.29. The topological polar surface area (TPSA) is 43.8 Å². The summed E-state index contributed by atoms with van der Waals surface area (Å²) < 4.78 is 3.18. The largest absolute Gasteiger partial charge is 0.330 e. The second-order valence-electron chi connectivity index (χ2n) is 5.18. The van der Waals surface area contributed by atoms with Crippen molar-refractivity contribution in [3.8, 4) is 0 Å². The lowest BCUT2D eigenvalue weighted by molar-refractivity contribution is 0.391. The van der Waals surface area contributed by atoms with Crippen LogP contribution < -0.4 is 5.73 Å². The van der Waals surface area contributed by atoms with Gasteiger partial charge in [0.25, 0.3) is 0 Å². The van der Waals surface area contributed by atoms with Crippen molar-refractivity contribution in [3.63, 3.8) is 0 Å². The first-order valence-corrected chi connectivity index (χ1v) is 6.71. The Balaban J connectivity index is 2.20. The summed E-state index contributed by atoms with van der Waals surface area (Å²) in [5.74, 6) is 1.58. The van der Waals surface area contributed by atoms with Gasteiger partial charge in [-0.1, -0.05) is 15.9 Å². The summed E-state index contributed by atoms with van der Waals surface area (Å²) >= 11 is 3.48. The predicted molar refractivity (Wildman–Crippen MR) is 72.7 cm³/mol. The minimum absolute atomic E-state index is 0.305. The van der Waals surface area contributed by atoms with Crippen molar-refractivity contribution in [2.24, 2.45) is 18.7 Å². The number of benzene rings is 1. The van der Waals surface area contributed by atoms with Crippen LogP contribution in [0.3, 0.4) is 0 Å². The maximum absolute atomic E-state index is 6.45. The maximum Gasteiger partial charge on any atom is 0.129 e. The van der Waals surface area contributed by atoms with Gasteiger partial charge in [-0.05, 0) is 43.9 Å². The molecule has 0 saturated heterocycles. The van der Waals surface area contributed by atoms with Gasteiger partial charge in [0.1, 0.15) is 5.82 Å². The highest BCUT2D eigenvalue weighted by molar-refractivity contribution is 9.10. The van der Waals surface area contributed by atoms with Crippen LogP contribution in [0.2, 0.25) is 0 Å². The number of halogens is 1. The lowest BCUT2D eigenvalue weighted by atomic mass is 9.96. The summed E-state index contributed by atoms with van der Waals surface area (Å²) in [6.07, 6.45) is 2.44. The second kappa shape index (κ2) is 3.56. The standard InChI is InChI=1S/C13H16BrN3/c1-13(15,8-3-4-8)12-16-10-7-9(14)5-6-11(10)17(12)2/h5-8H,3-4,15H2,1-2H3. The summed E-state index contributed by atoms with van der Waals surface area (Å²) in [7, 11) is 2.05. The first-order chi connectivity index (χ1) is 8.00. The molecular formula is C13H16BrN3. The highest BCUT2D eigenvalue weighted by Gasteiger charge is 2.42. The zero-order chi connectivity index (χ0) is 12.2. The maximum atomic E-state index is 6.45. The van der Waals surface area contributed by atoms with E-state index in [9.17, 15) is 0 Å². The number of rotatable bonds is 2. The number of nitrogens with two attached hydrogens (primary N) is 1. The van der Waals surface area contributed by atoms with Gasteiger partial charge >= 0.3 is 0 Å². The molecule has 2 aromatic rings. The number of aromatic nitrogens is 2. The van der Waals surface area contributed by atoms with Gasteiger partial charge in [-0.3, -0.25) is 0 Å². The van der Waals surface area contributed by atoms with Crippen LogP contribution in [0.4, 0.5) is 0 Å². The molecule has 4 heteroatoms. The minimum Gasteiger partial charge on any atom is -0.330 e. The summed E-state index contributed by atoms with van der Waals surface area (Å²) in [6, 6.07) is 6.17. The minimum atomic E-state index is -0.305. The van der Waals surface area contributed by atoms with E-state index in [0.717, 1.165) is 21.3 Å². The molecule has 3 nitrogen and oxygen atoms in total. The van der Waals surface area contributed by atoms with Gasteiger partial charge in [0.05, 0.1) is 16.6 Å². The Morgan fingerprint density at radius 3 is 2.82 bits per heavy atom. The van der Waals surface area contributed by atoms with E-state index in [1.807, 2.05) is 19.2 Å². The van der Waals surface area contributed by atoms with Gasteiger partial charge in [-0.15, -0.1) is 0 Å². The molecule has 1 aromatic heterocycles. The zero-order valence-corrected chi connectivity index (χ0v) is 11.7. The molecule has 2 N–H and O–H groups in total. The molecule has 0 radical (unpaired) electrons. The van der Waals surface area contributed by atoms with E-state index in [4.69, 9.17) is 10.7 Å². The molecule has 0 aliphatic heterocycles. The molecule has 1 atom stereocenters. The van der Waals surface area contributed by atoms with Gasteiger partial charge in [0.15, 0.2) is 0 Å². The Labute approximate surface area is 109 Å². The van der Waals surface area contributed by atoms with Crippen LogP contribution in [-0.4, -0.2) is 9.55 Å². The molecule has 1 unspecified atom stereocenters. The van der Waals surface area contributed by atoms with E-state index in [1.54, 1.807) is 0 Å². The molecule has 0 amide bonds. The van der Waals surface area contributed by atoms with E-state index >= 15 is 0 Å². The number of hydrogen-bond donors (Lipinski definition) is 1. The monoisotopic (exact) mass is 293 g/mol.